The lowest BCUT2D eigenvalue weighted by molar-refractivity contribution is 0.179. The molecule has 1 atom stereocenters. The van der Waals surface area contributed by atoms with Crippen molar-refractivity contribution in [1.82, 2.24) is 4.98 Å². The molecular weight excluding hydrogens is 272 g/mol. The number of aromatic nitrogens is 1. The maximum Gasteiger partial charge on any atom is 0.159 e. The van der Waals surface area contributed by atoms with E-state index < -0.39 is 17.7 Å². The summed E-state index contributed by atoms with van der Waals surface area (Å²) in [6.07, 6.45) is 2.71. The highest BCUT2D eigenvalue weighted by Crippen LogP contribution is 2.26. The Morgan fingerprint density at radius 3 is 2.62 bits per heavy atom. The molecule has 4 heteroatoms. The summed E-state index contributed by atoms with van der Waals surface area (Å²) in [5, 5.41) is 12.2. The largest absolute Gasteiger partial charge is 0.388 e. The second-order valence-corrected chi connectivity index (χ2v) is 4.92. The SMILES string of the molecule is OC(Cc1ccc(F)c(F)c1)c1cncc2ccccc12. The molecule has 2 aromatic carbocycles. The molecule has 0 aliphatic heterocycles. The summed E-state index contributed by atoms with van der Waals surface area (Å²) in [4.78, 5) is 4.11. The topological polar surface area (TPSA) is 33.1 Å². The molecule has 0 saturated heterocycles. The van der Waals surface area contributed by atoms with E-state index in [2.05, 4.69) is 4.98 Å². The standard InChI is InChI=1S/C17H13F2NO/c18-15-6-5-11(7-16(15)19)8-17(21)14-10-20-9-12-3-1-2-4-13(12)14/h1-7,9-10,17,21H,8H2. The van der Waals surface area contributed by atoms with Crippen LogP contribution in [-0.4, -0.2) is 10.1 Å². The van der Waals surface area contributed by atoms with Gasteiger partial charge in [0.15, 0.2) is 11.6 Å². The first-order valence-corrected chi connectivity index (χ1v) is 6.60. The zero-order valence-electron chi connectivity index (χ0n) is 11.1. The molecule has 3 rings (SSSR count). The third-order valence-corrected chi connectivity index (χ3v) is 3.47. The van der Waals surface area contributed by atoms with Crippen molar-refractivity contribution < 1.29 is 13.9 Å². The first-order chi connectivity index (χ1) is 10.1. The fraction of sp³-hybridized carbons (Fsp3) is 0.118. The Morgan fingerprint density at radius 1 is 1.00 bits per heavy atom. The van der Waals surface area contributed by atoms with E-state index in [1.165, 1.54) is 6.07 Å². The molecule has 0 radical (unpaired) electrons. The average molecular weight is 285 g/mol. The highest BCUT2D eigenvalue weighted by Gasteiger charge is 2.13. The van der Waals surface area contributed by atoms with Crippen LogP contribution in [0.25, 0.3) is 10.8 Å². The number of nitrogens with zero attached hydrogens (tertiary/aromatic N) is 1. The van der Waals surface area contributed by atoms with Crippen molar-refractivity contribution in [3.63, 3.8) is 0 Å². The number of rotatable bonds is 3. The van der Waals surface area contributed by atoms with E-state index in [0.29, 0.717) is 11.1 Å². The van der Waals surface area contributed by atoms with Crippen molar-refractivity contribution in [3.05, 3.63) is 77.6 Å². The molecule has 0 aliphatic carbocycles. The Hall–Kier alpha value is -2.33. The lowest BCUT2D eigenvalue weighted by Gasteiger charge is -2.13. The van der Waals surface area contributed by atoms with Gasteiger partial charge >= 0.3 is 0 Å². The second kappa shape index (κ2) is 5.58. The number of hydrogen-bond donors (Lipinski definition) is 1. The predicted molar refractivity (Wildman–Crippen MR) is 76.8 cm³/mol. The minimum Gasteiger partial charge on any atom is -0.388 e. The van der Waals surface area contributed by atoms with Crippen molar-refractivity contribution in [3.8, 4) is 0 Å². The van der Waals surface area contributed by atoms with Gasteiger partial charge in [-0.05, 0) is 23.1 Å². The molecule has 1 aromatic heterocycles. The lowest BCUT2D eigenvalue weighted by Crippen LogP contribution is -2.04. The van der Waals surface area contributed by atoms with Gasteiger partial charge in [-0.25, -0.2) is 8.78 Å². The number of aliphatic hydroxyl groups is 1. The van der Waals surface area contributed by atoms with Crippen LogP contribution in [0, 0.1) is 11.6 Å². The minimum absolute atomic E-state index is 0.201. The predicted octanol–water partition coefficient (Wildman–Crippen LogP) is 3.79. The molecule has 2 nitrogen and oxygen atoms in total. The van der Waals surface area contributed by atoms with Gasteiger partial charge < -0.3 is 5.11 Å². The van der Waals surface area contributed by atoms with Crippen LogP contribution in [0.15, 0.2) is 54.9 Å². The molecule has 0 amide bonds. The fourth-order valence-corrected chi connectivity index (χ4v) is 2.41. The summed E-state index contributed by atoms with van der Waals surface area (Å²) in [5.74, 6) is -1.80. The maximum atomic E-state index is 13.2. The quantitative estimate of drug-likeness (QED) is 0.794. The second-order valence-electron chi connectivity index (χ2n) is 4.92. The molecule has 0 fully saturated rings. The Kier molecular flexibility index (Phi) is 3.62. The van der Waals surface area contributed by atoms with E-state index in [9.17, 15) is 13.9 Å². The van der Waals surface area contributed by atoms with Crippen molar-refractivity contribution in [2.75, 3.05) is 0 Å². The van der Waals surface area contributed by atoms with Crippen LogP contribution in [0.5, 0.6) is 0 Å². The molecule has 21 heavy (non-hydrogen) atoms. The summed E-state index contributed by atoms with van der Waals surface area (Å²) >= 11 is 0. The third-order valence-electron chi connectivity index (χ3n) is 3.47. The third kappa shape index (κ3) is 2.76. The highest BCUT2D eigenvalue weighted by atomic mass is 19.2. The van der Waals surface area contributed by atoms with Crippen molar-refractivity contribution >= 4 is 10.8 Å². The number of fused-ring (bicyclic) bond motifs is 1. The minimum atomic E-state index is -0.907. The maximum absolute atomic E-state index is 13.2. The van der Waals surface area contributed by atoms with Gasteiger partial charge in [0, 0.05) is 29.8 Å². The number of aliphatic hydroxyl groups excluding tert-OH is 1. The molecule has 3 aromatic rings. The van der Waals surface area contributed by atoms with Crippen LogP contribution in [0.2, 0.25) is 0 Å². The van der Waals surface area contributed by atoms with Gasteiger partial charge in [-0.3, -0.25) is 4.98 Å². The summed E-state index contributed by atoms with van der Waals surface area (Å²) in [7, 11) is 0. The molecule has 0 saturated carbocycles. The number of benzene rings is 2. The molecule has 1 heterocycles. The van der Waals surface area contributed by atoms with E-state index in [1.54, 1.807) is 12.4 Å². The number of halogens is 2. The van der Waals surface area contributed by atoms with E-state index in [1.807, 2.05) is 24.3 Å². The first-order valence-electron chi connectivity index (χ1n) is 6.60. The zero-order valence-corrected chi connectivity index (χ0v) is 11.1. The summed E-state index contributed by atoms with van der Waals surface area (Å²) in [6, 6.07) is 11.2. The number of hydrogen-bond acceptors (Lipinski definition) is 2. The Labute approximate surface area is 120 Å². The fourth-order valence-electron chi connectivity index (χ4n) is 2.41. The van der Waals surface area contributed by atoms with E-state index in [4.69, 9.17) is 0 Å². The molecule has 0 aliphatic rings. The van der Waals surface area contributed by atoms with E-state index in [-0.39, 0.29) is 6.42 Å². The van der Waals surface area contributed by atoms with Crippen molar-refractivity contribution in [2.45, 2.75) is 12.5 Å². The van der Waals surface area contributed by atoms with Crippen LogP contribution in [0.1, 0.15) is 17.2 Å². The average Bonchev–Trinajstić information content (AvgIpc) is 2.50. The Balaban J connectivity index is 1.93. The van der Waals surface area contributed by atoms with E-state index in [0.717, 1.165) is 22.9 Å². The van der Waals surface area contributed by atoms with Gasteiger partial charge in [0.25, 0.3) is 0 Å². The monoisotopic (exact) mass is 285 g/mol. The van der Waals surface area contributed by atoms with Gasteiger partial charge in [0.1, 0.15) is 0 Å². The van der Waals surface area contributed by atoms with Gasteiger partial charge in [0.2, 0.25) is 0 Å². The van der Waals surface area contributed by atoms with Crippen molar-refractivity contribution in [1.29, 1.82) is 0 Å². The van der Waals surface area contributed by atoms with Gasteiger partial charge in [-0.2, -0.15) is 0 Å². The normalized spacial score (nSPS) is 12.5. The zero-order chi connectivity index (χ0) is 14.8. The van der Waals surface area contributed by atoms with Crippen molar-refractivity contribution in [2.24, 2.45) is 0 Å². The molecule has 0 spiro atoms. The molecule has 0 bridgehead atoms. The molecule has 1 N–H and O–H groups in total. The first kappa shape index (κ1) is 13.6. The van der Waals surface area contributed by atoms with Gasteiger partial charge in [-0.1, -0.05) is 30.3 Å². The lowest BCUT2D eigenvalue weighted by atomic mass is 9.98. The molecular formula is C17H13F2NO. The number of pyridine rings is 1. The van der Waals surface area contributed by atoms with Gasteiger partial charge in [-0.15, -0.1) is 0 Å². The van der Waals surface area contributed by atoms with Crippen LogP contribution < -0.4 is 0 Å². The Morgan fingerprint density at radius 2 is 1.81 bits per heavy atom. The smallest absolute Gasteiger partial charge is 0.159 e. The van der Waals surface area contributed by atoms with E-state index >= 15 is 0 Å². The summed E-state index contributed by atoms with van der Waals surface area (Å²) in [6.45, 7) is 0. The van der Waals surface area contributed by atoms with Gasteiger partial charge in [0.05, 0.1) is 6.10 Å². The van der Waals surface area contributed by atoms with Crippen LogP contribution in [0.3, 0.4) is 0 Å². The molecule has 106 valence electrons. The summed E-state index contributed by atoms with van der Waals surface area (Å²) < 4.78 is 26.1. The van der Waals surface area contributed by atoms with Crippen LogP contribution >= 0.6 is 0 Å². The highest BCUT2D eigenvalue weighted by molar-refractivity contribution is 5.84. The molecule has 1 unspecified atom stereocenters. The van der Waals surface area contributed by atoms with Crippen LogP contribution in [-0.2, 0) is 6.42 Å². The van der Waals surface area contributed by atoms with Crippen LogP contribution in [0.4, 0.5) is 8.78 Å². The summed E-state index contributed by atoms with van der Waals surface area (Å²) in [5.41, 5.74) is 1.21. The Bertz CT molecular complexity index is 783.